The first kappa shape index (κ1) is 18.0. The van der Waals surface area contributed by atoms with Crippen LogP contribution in [0.2, 0.25) is 0 Å². The normalized spacial score (nSPS) is 21.7. The van der Waals surface area contributed by atoms with Crippen LogP contribution >= 0.6 is 0 Å². The van der Waals surface area contributed by atoms with Crippen LogP contribution in [0.1, 0.15) is 44.7 Å². The third-order valence-electron chi connectivity index (χ3n) is 4.89. The molecule has 2 aromatic carbocycles. The van der Waals surface area contributed by atoms with E-state index in [2.05, 4.69) is 43.4 Å². The lowest BCUT2D eigenvalue weighted by Crippen LogP contribution is -2.43. The van der Waals surface area contributed by atoms with Crippen LogP contribution in [-0.4, -0.2) is 19.3 Å². The van der Waals surface area contributed by atoms with Crippen molar-refractivity contribution >= 4 is 0 Å². The van der Waals surface area contributed by atoms with Gasteiger partial charge in [-0.15, -0.1) is 0 Å². The number of benzene rings is 2. The number of hydrogen-bond acceptors (Lipinski definition) is 3. The zero-order valence-corrected chi connectivity index (χ0v) is 15.3. The Balaban J connectivity index is 1.66. The van der Waals surface area contributed by atoms with Gasteiger partial charge in [0.25, 0.3) is 0 Å². The van der Waals surface area contributed by atoms with Crippen LogP contribution in [-0.2, 0) is 4.74 Å². The second-order valence-electron chi connectivity index (χ2n) is 6.94. The van der Waals surface area contributed by atoms with Crippen LogP contribution < -0.4 is 10.1 Å². The minimum Gasteiger partial charge on any atom is -0.457 e. The molecule has 2 aromatic rings. The summed E-state index contributed by atoms with van der Waals surface area (Å²) >= 11 is 0. The molecule has 0 aliphatic carbocycles. The van der Waals surface area contributed by atoms with Gasteiger partial charge in [-0.05, 0) is 48.6 Å². The molecule has 0 radical (unpaired) electrons. The minimum absolute atomic E-state index is 0.390. The van der Waals surface area contributed by atoms with Crippen molar-refractivity contribution in [2.24, 2.45) is 5.92 Å². The van der Waals surface area contributed by atoms with Gasteiger partial charge in [-0.25, -0.2) is 0 Å². The Labute approximate surface area is 151 Å². The van der Waals surface area contributed by atoms with Gasteiger partial charge in [0.15, 0.2) is 0 Å². The number of nitrogens with one attached hydrogen (secondary N) is 1. The second kappa shape index (κ2) is 9.02. The van der Waals surface area contributed by atoms with E-state index in [4.69, 9.17) is 9.47 Å². The Hall–Kier alpha value is -1.84. The van der Waals surface area contributed by atoms with Crippen LogP contribution in [0.25, 0.3) is 0 Å². The van der Waals surface area contributed by atoms with E-state index in [0.29, 0.717) is 18.0 Å². The van der Waals surface area contributed by atoms with Gasteiger partial charge in [0.2, 0.25) is 0 Å². The minimum atomic E-state index is 0.390. The molecule has 0 aromatic heterocycles. The van der Waals surface area contributed by atoms with Gasteiger partial charge in [0.1, 0.15) is 11.5 Å². The quantitative estimate of drug-likeness (QED) is 0.739. The molecule has 134 valence electrons. The molecule has 3 nitrogen and oxygen atoms in total. The smallest absolute Gasteiger partial charge is 0.127 e. The van der Waals surface area contributed by atoms with Crippen molar-refractivity contribution in [3.8, 4) is 11.5 Å². The standard InChI is InChI=1S/C22H29NO2/c1-3-7-22(23-21-14-15-24-16-17(21)2)18-10-12-20(13-11-18)25-19-8-5-4-6-9-19/h4-6,8-13,17,21-23H,3,7,14-16H2,1-2H3. The van der Waals surface area contributed by atoms with E-state index in [1.54, 1.807) is 0 Å². The van der Waals surface area contributed by atoms with E-state index in [-0.39, 0.29) is 0 Å². The lowest BCUT2D eigenvalue weighted by atomic mass is 9.94. The van der Waals surface area contributed by atoms with E-state index in [9.17, 15) is 0 Å². The lowest BCUT2D eigenvalue weighted by Gasteiger charge is -2.33. The first-order chi connectivity index (χ1) is 12.3. The summed E-state index contributed by atoms with van der Waals surface area (Å²) in [7, 11) is 0. The Morgan fingerprint density at radius 1 is 1.08 bits per heavy atom. The van der Waals surface area contributed by atoms with Crippen molar-refractivity contribution < 1.29 is 9.47 Å². The monoisotopic (exact) mass is 339 g/mol. The maximum absolute atomic E-state index is 5.90. The van der Waals surface area contributed by atoms with Gasteiger partial charge in [-0.3, -0.25) is 0 Å². The van der Waals surface area contributed by atoms with Crippen LogP contribution in [0, 0.1) is 5.92 Å². The Bertz CT molecular complexity index is 626. The summed E-state index contributed by atoms with van der Waals surface area (Å²) in [6, 6.07) is 19.4. The summed E-state index contributed by atoms with van der Waals surface area (Å²) in [5.74, 6) is 2.31. The summed E-state index contributed by atoms with van der Waals surface area (Å²) < 4.78 is 11.5. The summed E-state index contributed by atoms with van der Waals surface area (Å²) in [5.41, 5.74) is 1.33. The van der Waals surface area contributed by atoms with Gasteiger partial charge < -0.3 is 14.8 Å². The number of rotatable bonds is 7. The molecular weight excluding hydrogens is 310 g/mol. The van der Waals surface area contributed by atoms with Gasteiger partial charge in [0.05, 0.1) is 6.61 Å². The summed E-state index contributed by atoms with van der Waals surface area (Å²) in [6.45, 7) is 6.25. The maximum atomic E-state index is 5.90. The van der Waals surface area contributed by atoms with Crippen molar-refractivity contribution in [3.63, 3.8) is 0 Å². The van der Waals surface area contributed by atoms with Crippen LogP contribution in [0.5, 0.6) is 11.5 Å². The Kier molecular flexibility index (Phi) is 6.48. The number of hydrogen-bond donors (Lipinski definition) is 1. The van der Waals surface area contributed by atoms with E-state index in [1.165, 1.54) is 5.56 Å². The molecule has 0 saturated carbocycles. The molecule has 3 atom stereocenters. The number of para-hydroxylation sites is 1. The fourth-order valence-corrected chi connectivity index (χ4v) is 3.41. The maximum Gasteiger partial charge on any atom is 0.127 e. The molecular formula is C22H29NO2. The Morgan fingerprint density at radius 3 is 2.48 bits per heavy atom. The third kappa shape index (κ3) is 5.07. The van der Waals surface area contributed by atoms with E-state index in [1.807, 2.05) is 30.3 Å². The Morgan fingerprint density at radius 2 is 1.80 bits per heavy atom. The molecule has 3 unspecified atom stereocenters. The highest BCUT2D eigenvalue weighted by atomic mass is 16.5. The van der Waals surface area contributed by atoms with Crippen LogP contribution in [0.3, 0.4) is 0 Å². The fourth-order valence-electron chi connectivity index (χ4n) is 3.41. The lowest BCUT2D eigenvalue weighted by molar-refractivity contribution is 0.0353. The summed E-state index contributed by atoms with van der Waals surface area (Å²) in [4.78, 5) is 0. The van der Waals surface area contributed by atoms with Crippen molar-refractivity contribution in [1.29, 1.82) is 0 Å². The highest BCUT2D eigenvalue weighted by Crippen LogP contribution is 2.27. The van der Waals surface area contributed by atoms with Gasteiger partial charge in [-0.2, -0.15) is 0 Å². The molecule has 25 heavy (non-hydrogen) atoms. The third-order valence-corrected chi connectivity index (χ3v) is 4.89. The summed E-state index contributed by atoms with van der Waals surface area (Å²) in [5, 5.41) is 3.87. The summed E-state index contributed by atoms with van der Waals surface area (Å²) in [6.07, 6.45) is 3.40. The largest absolute Gasteiger partial charge is 0.457 e. The van der Waals surface area contributed by atoms with Crippen molar-refractivity contribution in [1.82, 2.24) is 5.32 Å². The van der Waals surface area contributed by atoms with Crippen molar-refractivity contribution in [2.75, 3.05) is 13.2 Å². The molecule has 1 saturated heterocycles. The zero-order valence-electron chi connectivity index (χ0n) is 15.3. The molecule has 3 rings (SSSR count). The molecule has 0 spiro atoms. The molecule has 1 N–H and O–H groups in total. The highest BCUT2D eigenvalue weighted by molar-refractivity contribution is 5.34. The SMILES string of the molecule is CCCC(NC1CCOCC1C)c1ccc(Oc2ccccc2)cc1. The molecule has 1 fully saturated rings. The average Bonchev–Trinajstić information content (AvgIpc) is 2.65. The van der Waals surface area contributed by atoms with Crippen molar-refractivity contribution in [2.45, 2.75) is 45.2 Å². The average molecular weight is 339 g/mol. The highest BCUT2D eigenvalue weighted by Gasteiger charge is 2.24. The second-order valence-corrected chi connectivity index (χ2v) is 6.94. The molecule has 0 bridgehead atoms. The fraction of sp³-hybridized carbons (Fsp3) is 0.455. The molecule has 0 amide bonds. The van der Waals surface area contributed by atoms with E-state index < -0.39 is 0 Å². The van der Waals surface area contributed by atoms with E-state index >= 15 is 0 Å². The van der Waals surface area contributed by atoms with Crippen LogP contribution in [0.15, 0.2) is 54.6 Å². The van der Waals surface area contributed by atoms with Crippen LogP contribution in [0.4, 0.5) is 0 Å². The van der Waals surface area contributed by atoms with Gasteiger partial charge in [0, 0.05) is 18.7 Å². The molecule has 1 heterocycles. The molecule has 3 heteroatoms. The topological polar surface area (TPSA) is 30.5 Å². The van der Waals surface area contributed by atoms with E-state index in [0.717, 1.165) is 44.0 Å². The molecule has 1 aliphatic rings. The van der Waals surface area contributed by atoms with Gasteiger partial charge >= 0.3 is 0 Å². The first-order valence-electron chi connectivity index (χ1n) is 9.43. The molecule has 1 aliphatic heterocycles. The van der Waals surface area contributed by atoms with Gasteiger partial charge in [-0.1, -0.05) is 50.6 Å². The predicted molar refractivity (Wildman–Crippen MR) is 102 cm³/mol. The first-order valence-corrected chi connectivity index (χ1v) is 9.43. The zero-order chi connectivity index (χ0) is 17.5. The predicted octanol–water partition coefficient (Wildman–Crippen LogP) is 5.33. The number of ether oxygens (including phenoxy) is 2. The van der Waals surface area contributed by atoms with Crippen molar-refractivity contribution in [3.05, 3.63) is 60.2 Å².